The zero-order valence-electron chi connectivity index (χ0n) is 16.3. The fourth-order valence-electron chi connectivity index (χ4n) is 3.60. The van der Waals surface area contributed by atoms with E-state index in [0.717, 1.165) is 49.9 Å². The van der Waals surface area contributed by atoms with E-state index in [9.17, 15) is 8.42 Å². The van der Waals surface area contributed by atoms with Crippen LogP contribution in [0.4, 0.5) is 5.88 Å². The van der Waals surface area contributed by atoms with Crippen LogP contribution < -0.4 is 4.90 Å². The summed E-state index contributed by atoms with van der Waals surface area (Å²) in [6.07, 6.45) is 4.27. The van der Waals surface area contributed by atoms with Gasteiger partial charge in [0.15, 0.2) is 0 Å². The van der Waals surface area contributed by atoms with Crippen LogP contribution in [0.5, 0.6) is 0 Å². The van der Waals surface area contributed by atoms with Crippen LogP contribution in [0.25, 0.3) is 11.5 Å². The molecule has 0 unspecified atom stereocenters. The molecule has 0 spiro atoms. The molecule has 0 radical (unpaired) electrons. The van der Waals surface area contributed by atoms with E-state index in [2.05, 4.69) is 4.98 Å². The first-order valence-corrected chi connectivity index (χ1v) is 11.7. The van der Waals surface area contributed by atoms with E-state index in [-0.39, 0.29) is 9.92 Å². The third kappa shape index (κ3) is 4.05. The van der Waals surface area contributed by atoms with Gasteiger partial charge in [0.2, 0.25) is 26.6 Å². The van der Waals surface area contributed by atoms with E-state index >= 15 is 0 Å². The number of hydrogen-bond donors (Lipinski definition) is 0. The highest BCUT2D eigenvalue weighted by molar-refractivity contribution is 7.91. The molecule has 7 heteroatoms. The van der Waals surface area contributed by atoms with Gasteiger partial charge in [0.1, 0.15) is 0 Å². The molecule has 0 bridgehead atoms. The lowest BCUT2D eigenvalue weighted by Crippen LogP contribution is -2.25. The van der Waals surface area contributed by atoms with Crippen molar-refractivity contribution < 1.29 is 12.8 Å². The molecular formula is C22H23ClN2O3S. The summed E-state index contributed by atoms with van der Waals surface area (Å²) >= 11 is 5.94. The average Bonchev–Trinajstić information content (AvgIpc) is 2.98. The Balaban J connectivity index is 1.86. The number of rotatable bonds is 4. The third-order valence-corrected chi connectivity index (χ3v) is 7.15. The minimum Gasteiger partial charge on any atom is -0.419 e. The number of aryl methyl sites for hydroxylation is 1. The predicted molar refractivity (Wildman–Crippen MR) is 114 cm³/mol. The molecular weight excluding hydrogens is 408 g/mol. The zero-order chi connectivity index (χ0) is 20.4. The van der Waals surface area contributed by atoms with Crippen molar-refractivity contribution in [3.8, 4) is 11.5 Å². The van der Waals surface area contributed by atoms with Crippen LogP contribution in [0, 0.1) is 6.92 Å². The quantitative estimate of drug-likeness (QED) is 0.545. The van der Waals surface area contributed by atoms with E-state index in [1.54, 1.807) is 12.1 Å². The molecule has 4 rings (SSSR count). The molecule has 5 nitrogen and oxygen atoms in total. The summed E-state index contributed by atoms with van der Waals surface area (Å²) in [5.74, 6) is 0.662. The largest absolute Gasteiger partial charge is 0.419 e. The first-order valence-electron chi connectivity index (χ1n) is 9.79. The maximum absolute atomic E-state index is 13.4. The molecule has 1 aliphatic heterocycles. The Morgan fingerprint density at radius 2 is 1.62 bits per heavy atom. The molecule has 1 aliphatic rings. The van der Waals surface area contributed by atoms with Gasteiger partial charge >= 0.3 is 0 Å². The molecule has 29 heavy (non-hydrogen) atoms. The fraction of sp³-hybridized carbons (Fsp3) is 0.318. The molecule has 2 aromatic carbocycles. The van der Waals surface area contributed by atoms with Crippen LogP contribution in [0.2, 0.25) is 5.02 Å². The number of nitrogens with zero attached hydrogens (tertiary/aromatic N) is 2. The van der Waals surface area contributed by atoms with Crippen molar-refractivity contribution in [2.45, 2.75) is 42.5 Å². The van der Waals surface area contributed by atoms with Crippen LogP contribution in [-0.2, 0) is 9.84 Å². The highest BCUT2D eigenvalue weighted by Crippen LogP contribution is 2.36. The molecule has 0 atom stereocenters. The van der Waals surface area contributed by atoms with Crippen molar-refractivity contribution in [1.82, 2.24) is 4.98 Å². The van der Waals surface area contributed by atoms with Crippen molar-refractivity contribution in [1.29, 1.82) is 0 Å². The lowest BCUT2D eigenvalue weighted by atomic mass is 10.1. The Labute approximate surface area is 176 Å². The second-order valence-electron chi connectivity index (χ2n) is 7.30. The molecule has 152 valence electrons. The average molecular weight is 431 g/mol. The van der Waals surface area contributed by atoms with E-state index in [4.69, 9.17) is 16.0 Å². The van der Waals surface area contributed by atoms with Crippen LogP contribution in [0.1, 0.15) is 31.2 Å². The predicted octanol–water partition coefficient (Wildman–Crippen LogP) is 5.52. The summed E-state index contributed by atoms with van der Waals surface area (Å²) in [5.41, 5.74) is 1.77. The van der Waals surface area contributed by atoms with E-state index in [1.165, 1.54) is 12.1 Å². The molecule has 2 heterocycles. The van der Waals surface area contributed by atoms with Crippen molar-refractivity contribution in [3.63, 3.8) is 0 Å². The number of anilines is 1. The summed E-state index contributed by atoms with van der Waals surface area (Å²) in [7, 11) is -3.85. The van der Waals surface area contributed by atoms with E-state index < -0.39 is 9.84 Å². The molecule has 0 aliphatic carbocycles. The first kappa shape index (κ1) is 20.0. The van der Waals surface area contributed by atoms with E-state index in [0.29, 0.717) is 16.8 Å². The third-order valence-electron chi connectivity index (χ3n) is 5.23. The normalized spacial score (nSPS) is 15.3. The number of benzene rings is 2. The number of halogens is 1. The van der Waals surface area contributed by atoms with Gasteiger partial charge in [-0.1, -0.05) is 42.6 Å². The van der Waals surface area contributed by atoms with Gasteiger partial charge < -0.3 is 9.32 Å². The zero-order valence-corrected chi connectivity index (χ0v) is 17.8. The van der Waals surface area contributed by atoms with Gasteiger partial charge in [-0.05, 0) is 55.7 Å². The lowest BCUT2D eigenvalue weighted by molar-refractivity contribution is 0.543. The molecule has 3 aromatic rings. The van der Waals surface area contributed by atoms with Gasteiger partial charge in [-0.25, -0.2) is 8.42 Å². The van der Waals surface area contributed by atoms with Crippen LogP contribution in [-0.4, -0.2) is 26.5 Å². The van der Waals surface area contributed by atoms with Crippen molar-refractivity contribution in [2.75, 3.05) is 18.0 Å². The monoisotopic (exact) mass is 430 g/mol. The molecule has 1 saturated heterocycles. The second-order valence-corrected chi connectivity index (χ2v) is 9.60. The molecule has 1 aromatic heterocycles. The summed E-state index contributed by atoms with van der Waals surface area (Å²) < 4.78 is 33.0. The fourth-order valence-corrected chi connectivity index (χ4v) is 5.05. The Hall–Kier alpha value is -2.31. The Morgan fingerprint density at radius 3 is 2.28 bits per heavy atom. The van der Waals surface area contributed by atoms with E-state index in [1.807, 2.05) is 36.1 Å². The number of aromatic nitrogens is 1. The molecule has 0 saturated carbocycles. The second kappa shape index (κ2) is 8.20. The van der Waals surface area contributed by atoms with Gasteiger partial charge in [0, 0.05) is 23.7 Å². The summed E-state index contributed by atoms with van der Waals surface area (Å²) in [6, 6.07) is 13.8. The molecule has 1 fully saturated rings. The Bertz CT molecular complexity index is 1100. The minimum atomic E-state index is -3.85. The Kier molecular flexibility index (Phi) is 5.65. The van der Waals surface area contributed by atoms with Gasteiger partial charge in [0.25, 0.3) is 0 Å². The highest BCUT2D eigenvalue weighted by atomic mass is 35.5. The highest BCUT2D eigenvalue weighted by Gasteiger charge is 2.32. The lowest BCUT2D eigenvalue weighted by Gasteiger charge is -2.20. The van der Waals surface area contributed by atoms with Gasteiger partial charge in [0.05, 0.1) is 4.90 Å². The van der Waals surface area contributed by atoms with Gasteiger partial charge in [-0.2, -0.15) is 4.98 Å². The van der Waals surface area contributed by atoms with Crippen LogP contribution in [0.3, 0.4) is 0 Å². The number of hydrogen-bond acceptors (Lipinski definition) is 5. The van der Waals surface area contributed by atoms with Gasteiger partial charge in [-0.3, -0.25) is 0 Å². The molecule has 0 N–H and O–H groups in total. The van der Waals surface area contributed by atoms with Crippen LogP contribution in [0.15, 0.2) is 62.9 Å². The standard InChI is InChI=1S/C22H23ClN2O3S/c1-16-8-4-5-9-19(16)20-24-21(22(28-20)25-14-6-2-3-7-15-25)29(26,27)18-12-10-17(23)11-13-18/h4-5,8-13H,2-3,6-7,14-15H2,1H3. The summed E-state index contributed by atoms with van der Waals surface area (Å²) in [6.45, 7) is 3.47. The molecule has 0 amide bonds. The topological polar surface area (TPSA) is 63.4 Å². The van der Waals surface area contributed by atoms with Crippen LogP contribution >= 0.6 is 11.6 Å². The number of sulfone groups is 1. The SMILES string of the molecule is Cc1ccccc1-c1nc(S(=O)(=O)c2ccc(Cl)cc2)c(N2CCCCCC2)o1. The number of oxazole rings is 1. The minimum absolute atomic E-state index is 0.0278. The van der Waals surface area contributed by atoms with Crippen molar-refractivity contribution in [2.24, 2.45) is 0 Å². The van der Waals surface area contributed by atoms with Crippen molar-refractivity contribution in [3.05, 3.63) is 59.1 Å². The Morgan fingerprint density at radius 1 is 0.966 bits per heavy atom. The maximum atomic E-state index is 13.4. The smallest absolute Gasteiger partial charge is 0.236 e. The van der Waals surface area contributed by atoms with Gasteiger partial charge in [-0.15, -0.1) is 0 Å². The maximum Gasteiger partial charge on any atom is 0.236 e. The summed E-state index contributed by atoms with van der Waals surface area (Å²) in [4.78, 5) is 6.66. The first-order chi connectivity index (χ1) is 14.0. The summed E-state index contributed by atoms with van der Waals surface area (Å²) in [5, 5.41) is 0.456. The van der Waals surface area contributed by atoms with Crippen molar-refractivity contribution >= 4 is 27.3 Å².